The zero-order chi connectivity index (χ0) is 9.64. The Bertz CT molecular complexity index is 305. The summed E-state index contributed by atoms with van der Waals surface area (Å²) < 4.78 is 1.92. The first kappa shape index (κ1) is 9.14. The van der Waals surface area contributed by atoms with Gasteiger partial charge in [-0.25, -0.2) is 0 Å². The Morgan fingerprint density at radius 1 is 1.50 bits per heavy atom. The summed E-state index contributed by atoms with van der Waals surface area (Å²) in [6.45, 7) is 1.83. The zero-order valence-corrected chi connectivity index (χ0v) is 8.44. The van der Waals surface area contributed by atoms with Crippen molar-refractivity contribution in [3.05, 3.63) is 24.0 Å². The molecule has 0 bridgehead atoms. The molecule has 0 saturated heterocycles. The highest BCUT2D eigenvalue weighted by Crippen LogP contribution is 2.07. The molecule has 0 aromatic carbocycles. The largest absolute Gasteiger partial charge is 0.360 e. The van der Waals surface area contributed by atoms with Gasteiger partial charge in [0.1, 0.15) is 5.51 Å². The first-order valence-electron chi connectivity index (χ1n) is 4.42. The van der Waals surface area contributed by atoms with E-state index in [1.807, 2.05) is 16.9 Å². The fourth-order valence-corrected chi connectivity index (χ4v) is 1.59. The smallest absolute Gasteiger partial charge is 0.205 e. The van der Waals surface area contributed by atoms with Crippen LogP contribution in [-0.2, 0) is 6.54 Å². The highest BCUT2D eigenvalue weighted by atomic mass is 32.1. The lowest BCUT2D eigenvalue weighted by molar-refractivity contribution is 0.591. The van der Waals surface area contributed by atoms with E-state index in [2.05, 4.69) is 20.6 Å². The summed E-state index contributed by atoms with van der Waals surface area (Å²) in [6.07, 6.45) is 4.78. The van der Waals surface area contributed by atoms with E-state index >= 15 is 0 Å². The van der Waals surface area contributed by atoms with Crippen molar-refractivity contribution in [3.8, 4) is 0 Å². The quantitative estimate of drug-likeness (QED) is 0.753. The highest BCUT2D eigenvalue weighted by Gasteiger charge is 1.94. The second-order valence-electron chi connectivity index (χ2n) is 2.79. The van der Waals surface area contributed by atoms with Crippen LogP contribution in [0.4, 0.5) is 5.13 Å². The first-order valence-corrected chi connectivity index (χ1v) is 5.30. The van der Waals surface area contributed by atoms with Crippen molar-refractivity contribution in [3.63, 3.8) is 0 Å². The summed E-state index contributed by atoms with van der Waals surface area (Å²) in [7, 11) is 0. The third-order valence-corrected chi connectivity index (χ3v) is 2.41. The molecule has 0 atom stereocenters. The Morgan fingerprint density at radius 2 is 2.50 bits per heavy atom. The summed E-state index contributed by atoms with van der Waals surface area (Å²) in [5.41, 5.74) is 1.72. The molecular formula is C8H11N5S. The number of rotatable bonds is 5. The summed E-state index contributed by atoms with van der Waals surface area (Å²) in [5.74, 6) is 0. The molecule has 0 fully saturated rings. The topological polar surface area (TPSA) is 55.6 Å². The molecular weight excluding hydrogens is 198 g/mol. The fourth-order valence-electron chi connectivity index (χ4n) is 1.12. The Labute approximate surface area is 85.8 Å². The average Bonchev–Trinajstić information content (AvgIpc) is 2.86. The molecule has 14 heavy (non-hydrogen) atoms. The summed E-state index contributed by atoms with van der Waals surface area (Å²) in [4.78, 5) is 0. The van der Waals surface area contributed by atoms with Gasteiger partial charge in [0.15, 0.2) is 0 Å². The van der Waals surface area contributed by atoms with Crippen molar-refractivity contribution in [2.45, 2.75) is 13.0 Å². The van der Waals surface area contributed by atoms with E-state index in [1.165, 1.54) is 11.3 Å². The number of nitrogens with zero attached hydrogens (tertiary/aromatic N) is 4. The van der Waals surface area contributed by atoms with Crippen LogP contribution in [0.1, 0.15) is 6.42 Å². The number of hydrogen-bond donors (Lipinski definition) is 1. The minimum Gasteiger partial charge on any atom is -0.360 e. The lowest BCUT2D eigenvalue weighted by Crippen LogP contribution is -2.06. The Kier molecular flexibility index (Phi) is 3.07. The standard InChI is InChI=1S/C8H11N5S/c1(5-13-6-2-4-11-13)3-9-8-12-10-7-14-8/h2,4,6-7H,1,3,5H2,(H,9,12). The van der Waals surface area contributed by atoms with Crippen LogP contribution >= 0.6 is 11.3 Å². The number of nitrogens with one attached hydrogen (secondary N) is 1. The summed E-state index contributed by atoms with van der Waals surface area (Å²) in [5, 5.41) is 15.8. The van der Waals surface area contributed by atoms with Gasteiger partial charge in [-0.3, -0.25) is 4.68 Å². The van der Waals surface area contributed by atoms with E-state index in [4.69, 9.17) is 0 Å². The lowest BCUT2D eigenvalue weighted by Gasteiger charge is -2.01. The van der Waals surface area contributed by atoms with Crippen LogP contribution < -0.4 is 5.32 Å². The fraction of sp³-hybridized carbons (Fsp3) is 0.375. The highest BCUT2D eigenvalue weighted by molar-refractivity contribution is 7.13. The van der Waals surface area contributed by atoms with Crippen LogP contribution in [0, 0.1) is 0 Å². The second-order valence-corrected chi connectivity index (χ2v) is 3.63. The van der Waals surface area contributed by atoms with Crippen molar-refractivity contribution in [1.82, 2.24) is 20.0 Å². The molecule has 6 heteroatoms. The van der Waals surface area contributed by atoms with Gasteiger partial charge in [-0.2, -0.15) is 5.10 Å². The maximum atomic E-state index is 4.11. The molecule has 74 valence electrons. The molecule has 2 heterocycles. The van der Waals surface area contributed by atoms with Gasteiger partial charge in [-0.05, 0) is 12.5 Å². The Balaban J connectivity index is 1.65. The number of hydrogen-bond acceptors (Lipinski definition) is 5. The lowest BCUT2D eigenvalue weighted by atomic mass is 10.4. The van der Waals surface area contributed by atoms with Crippen LogP contribution in [0.2, 0.25) is 0 Å². The molecule has 0 unspecified atom stereocenters. The first-order chi connectivity index (χ1) is 6.95. The minimum atomic E-state index is 0.880. The SMILES string of the molecule is c1cnn(CCCNc2nncs2)c1. The van der Waals surface area contributed by atoms with Crippen molar-refractivity contribution in [2.75, 3.05) is 11.9 Å². The van der Waals surface area contributed by atoms with Crippen molar-refractivity contribution < 1.29 is 0 Å². The molecule has 0 aliphatic rings. The van der Waals surface area contributed by atoms with Gasteiger partial charge < -0.3 is 5.32 Å². The maximum Gasteiger partial charge on any atom is 0.205 e. The average molecular weight is 209 g/mol. The molecule has 5 nitrogen and oxygen atoms in total. The van der Waals surface area contributed by atoms with Gasteiger partial charge in [0, 0.05) is 25.5 Å². The van der Waals surface area contributed by atoms with Crippen LogP contribution in [0.25, 0.3) is 0 Å². The van der Waals surface area contributed by atoms with Gasteiger partial charge in [-0.15, -0.1) is 10.2 Å². The van der Waals surface area contributed by atoms with E-state index in [9.17, 15) is 0 Å². The van der Waals surface area contributed by atoms with Gasteiger partial charge in [0.2, 0.25) is 5.13 Å². The predicted octanol–water partition coefficient (Wildman–Crippen LogP) is 1.24. The van der Waals surface area contributed by atoms with Crippen molar-refractivity contribution in [2.24, 2.45) is 0 Å². The van der Waals surface area contributed by atoms with E-state index in [0.29, 0.717) is 0 Å². The number of aromatic nitrogens is 4. The predicted molar refractivity (Wildman–Crippen MR) is 55.2 cm³/mol. The molecule has 0 aliphatic carbocycles. The van der Waals surface area contributed by atoms with Gasteiger partial charge >= 0.3 is 0 Å². The van der Waals surface area contributed by atoms with E-state index in [0.717, 1.165) is 24.6 Å². The third-order valence-electron chi connectivity index (χ3n) is 1.76. The van der Waals surface area contributed by atoms with Gasteiger partial charge in [0.05, 0.1) is 0 Å². The van der Waals surface area contributed by atoms with Crippen molar-refractivity contribution >= 4 is 16.5 Å². The summed E-state index contributed by atoms with van der Waals surface area (Å²) >= 11 is 1.52. The Hall–Kier alpha value is -1.43. The van der Waals surface area contributed by atoms with Crippen LogP contribution in [0.5, 0.6) is 0 Å². The van der Waals surface area contributed by atoms with Crippen LogP contribution in [-0.4, -0.2) is 26.5 Å². The molecule has 0 spiro atoms. The van der Waals surface area contributed by atoms with Crippen LogP contribution in [0.15, 0.2) is 24.0 Å². The maximum absolute atomic E-state index is 4.11. The molecule has 0 aliphatic heterocycles. The number of anilines is 1. The van der Waals surface area contributed by atoms with Gasteiger partial charge in [-0.1, -0.05) is 11.3 Å². The molecule has 1 N–H and O–H groups in total. The van der Waals surface area contributed by atoms with E-state index in [-0.39, 0.29) is 0 Å². The molecule has 0 radical (unpaired) electrons. The molecule has 0 saturated carbocycles. The zero-order valence-electron chi connectivity index (χ0n) is 7.63. The number of aryl methyl sites for hydroxylation is 1. The van der Waals surface area contributed by atoms with Crippen molar-refractivity contribution in [1.29, 1.82) is 0 Å². The minimum absolute atomic E-state index is 0.880. The molecule has 0 amide bonds. The molecule has 2 aromatic rings. The van der Waals surface area contributed by atoms with E-state index < -0.39 is 0 Å². The molecule has 2 aromatic heterocycles. The van der Waals surface area contributed by atoms with Crippen LogP contribution in [0.3, 0.4) is 0 Å². The molecule has 2 rings (SSSR count). The third kappa shape index (κ3) is 2.53. The normalized spacial score (nSPS) is 10.3. The Morgan fingerprint density at radius 3 is 3.21 bits per heavy atom. The second kappa shape index (κ2) is 4.71. The summed E-state index contributed by atoms with van der Waals surface area (Å²) in [6, 6.07) is 1.93. The monoisotopic (exact) mass is 209 g/mol. The van der Waals surface area contributed by atoms with E-state index in [1.54, 1.807) is 11.7 Å². The van der Waals surface area contributed by atoms with Gasteiger partial charge in [0.25, 0.3) is 0 Å².